The maximum atomic E-state index is 5.80. The lowest BCUT2D eigenvalue weighted by molar-refractivity contribution is -0.105. The lowest BCUT2D eigenvalue weighted by atomic mass is 10.1. The van der Waals surface area contributed by atoms with E-state index in [-0.39, 0.29) is 6.29 Å². The molecule has 0 amide bonds. The fraction of sp³-hybridized carbons (Fsp3) is 0.500. The molecule has 1 atom stereocenters. The molecule has 1 aliphatic rings. The molecule has 1 fully saturated rings. The minimum absolute atomic E-state index is 0.0555. The van der Waals surface area contributed by atoms with E-state index in [0.717, 1.165) is 38.0 Å². The predicted octanol–water partition coefficient (Wildman–Crippen LogP) is 4.10. The van der Waals surface area contributed by atoms with Crippen LogP contribution in [0.15, 0.2) is 36.4 Å². The molecule has 1 saturated heterocycles. The first-order valence-corrected chi connectivity index (χ1v) is 6.75. The first-order valence-electron chi connectivity index (χ1n) is 6.75. The highest BCUT2D eigenvalue weighted by Gasteiger charge is 2.14. The van der Waals surface area contributed by atoms with Crippen LogP contribution in [0, 0.1) is 0 Å². The molecule has 0 bridgehead atoms. The van der Waals surface area contributed by atoms with Gasteiger partial charge in [0.15, 0.2) is 6.29 Å². The highest BCUT2D eigenvalue weighted by Crippen LogP contribution is 2.20. The number of benzene rings is 1. The van der Waals surface area contributed by atoms with E-state index < -0.39 is 0 Å². The largest absolute Gasteiger partial charge is 0.465 e. The summed E-state index contributed by atoms with van der Waals surface area (Å²) in [5.74, 6) is 0.904. The van der Waals surface area contributed by atoms with Crippen molar-refractivity contribution >= 4 is 0 Å². The minimum Gasteiger partial charge on any atom is -0.465 e. The van der Waals surface area contributed by atoms with Gasteiger partial charge in [-0.2, -0.15) is 0 Å². The molecule has 18 heavy (non-hydrogen) atoms. The lowest BCUT2D eigenvalue weighted by Crippen LogP contribution is -2.24. The van der Waals surface area contributed by atoms with Gasteiger partial charge >= 0.3 is 0 Å². The van der Waals surface area contributed by atoms with Gasteiger partial charge in [0, 0.05) is 6.42 Å². The Balaban J connectivity index is 1.84. The quantitative estimate of drug-likeness (QED) is 0.728. The molecular weight excluding hydrogens is 224 g/mol. The zero-order valence-electron chi connectivity index (χ0n) is 11.2. The third kappa shape index (κ3) is 4.19. The van der Waals surface area contributed by atoms with E-state index in [2.05, 4.69) is 25.6 Å². The molecule has 0 radical (unpaired) electrons. The highest BCUT2D eigenvalue weighted by atomic mass is 16.7. The molecule has 0 spiro atoms. The smallest absolute Gasteiger partial charge is 0.199 e. The second-order valence-corrected chi connectivity index (χ2v) is 5.02. The van der Waals surface area contributed by atoms with Crippen molar-refractivity contribution in [1.82, 2.24) is 0 Å². The van der Waals surface area contributed by atoms with Crippen molar-refractivity contribution in [2.75, 3.05) is 6.61 Å². The van der Waals surface area contributed by atoms with Gasteiger partial charge in [0.25, 0.3) is 0 Å². The third-order valence-electron chi connectivity index (χ3n) is 3.17. The van der Waals surface area contributed by atoms with Crippen LogP contribution < -0.4 is 4.74 Å². The molecule has 98 valence electrons. The molecule has 1 heterocycles. The van der Waals surface area contributed by atoms with Crippen LogP contribution in [0.4, 0.5) is 0 Å². The Labute approximate surface area is 110 Å². The molecule has 2 heteroatoms. The number of aryl methyl sites for hydroxylation is 1. The van der Waals surface area contributed by atoms with Crippen molar-refractivity contribution in [2.24, 2.45) is 0 Å². The summed E-state index contributed by atoms with van der Waals surface area (Å²) < 4.78 is 11.4. The average Bonchev–Trinajstić information content (AvgIpc) is 2.39. The third-order valence-corrected chi connectivity index (χ3v) is 3.17. The Bertz CT molecular complexity index is 375. The first kappa shape index (κ1) is 13.2. The van der Waals surface area contributed by atoms with Gasteiger partial charge in [-0.05, 0) is 50.3 Å². The van der Waals surface area contributed by atoms with E-state index in [0.29, 0.717) is 0 Å². The molecule has 0 aliphatic carbocycles. The van der Waals surface area contributed by atoms with Gasteiger partial charge in [0.05, 0.1) is 6.61 Å². The Morgan fingerprint density at radius 2 is 2.11 bits per heavy atom. The molecule has 0 unspecified atom stereocenters. The SMILES string of the molecule is C=C(C)CCc1ccc(O[C@@H]2CCCCO2)cc1. The minimum atomic E-state index is -0.0555. The van der Waals surface area contributed by atoms with Crippen molar-refractivity contribution in [3.8, 4) is 5.75 Å². The van der Waals surface area contributed by atoms with E-state index in [1.165, 1.54) is 17.6 Å². The zero-order valence-corrected chi connectivity index (χ0v) is 11.2. The maximum Gasteiger partial charge on any atom is 0.199 e. The van der Waals surface area contributed by atoms with Gasteiger partial charge in [-0.3, -0.25) is 0 Å². The normalized spacial score (nSPS) is 19.5. The van der Waals surface area contributed by atoms with E-state index in [4.69, 9.17) is 9.47 Å². The van der Waals surface area contributed by atoms with E-state index in [9.17, 15) is 0 Å². The van der Waals surface area contributed by atoms with Crippen LogP contribution >= 0.6 is 0 Å². The van der Waals surface area contributed by atoms with E-state index in [1.54, 1.807) is 0 Å². The van der Waals surface area contributed by atoms with Crippen molar-refractivity contribution in [2.45, 2.75) is 45.3 Å². The summed E-state index contributed by atoms with van der Waals surface area (Å²) >= 11 is 0. The van der Waals surface area contributed by atoms with Crippen LogP contribution in [-0.4, -0.2) is 12.9 Å². The summed E-state index contributed by atoms with van der Waals surface area (Å²) in [5, 5.41) is 0. The summed E-state index contributed by atoms with van der Waals surface area (Å²) in [6, 6.07) is 8.32. The predicted molar refractivity (Wildman–Crippen MR) is 73.8 cm³/mol. The molecule has 2 rings (SSSR count). The first-order chi connectivity index (χ1) is 8.74. The van der Waals surface area contributed by atoms with Crippen LogP contribution in [0.5, 0.6) is 5.75 Å². The van der Waals surface area contributed by atoms with Gasteiger partial charge in [-0.1, -0.05) is 17.7 Å². The van der Waals surface area contributed by atoms with Crippen LogP contribution in [-0.2, 0) is 11.2 Å². The number of hydrogen-bond donors (Lipinski definition) is 0. The molecule has 2 nitrogen and oxygen atoms in total. The molecule has 1 aliphatic heterocycles. The monoisotopic (exact) mass is 246 g/mol. The number of allylic oxidation sites excluding steroid dienone is 1. The van der Waals surface area contributed by atoms with Crippen molar-refractivity contribution in [3.05, 3.63) is 42.0 Å². The van der Waals surface area contributed by atoms with Crippen LogP contribution in [0.1, 0.15) is 38.2 Å². The standard InChI is InChI=1S/C16H22O2/c1-13(2)6-7-14-8-10-15(11-9-14)18-16-5-3-4-12-17-16/h8-11,16H,1,3-7,12H2,2H3/t16-/m1/s1. The van der Waals surface area contributed by atoms with Gasteiger partial charge in [0.2, 0.25) is 0 Å². The number of ether oxygens (including phenoxy) is 2. The summed E-state index contributed by atoms with van der Waals surface area (Å²) in [6.45, 7) is 6.81. The van der Waals surface area contributed by atoms with Crippen molar-refractivity contribution < 1.29 is 9.47 Å². The molecule has 0 N–H and O–H groups in total. The number of rotatable bonds is 5. The molecule has 0 aromatic heterocycles. The molecular formula is C16H22O2. The van der Waals surface area contributed by atoms with Gasteiger partial charge in [-0.25, -0.2) is 0 Å². The second-order valence-electron chi connectivity index (χ2n) is 5.02. The van der Waals surface area contributed by atoms with Crippen LogP contribution in [0.3, 0.4) is 0 Å². The Morgan fingerprint density at radius 3 is 2.72 bits per heavy atom. The fourth-order valence-corrected chi connectivity index (χ4v) is 2.05. The van der Waals surface area contributed by atoms with Crippen LogP contribution in [0.2, 0.25) is 0 Å². The summed E-state index contributed by atoms with van der Waals surface area (Å²) in [6.07, 6.45) is 5.39. The topological polar surface area (TPSA) is 18.5 Å². The van der Waals surface area contributed by atoms with Gasteiger partial charge in [0.1, 0.15) is 5.75 Å². The van der Waals surface area contributed by atoms with Crippen LogP contribution in [0.25, 0.3) is 0 Å². The van der Waals surface area contributed by atoms with Gasteiger partial charge in [-0.15, -0.1) is 6.58 Å². The number of hydrogen-bond acceptors (Lipinski definition) is 2. The highest BCUT2D eigenvalue weighted by molar-refractivity contribution is 5.27. The Hall–Kier alpha value is -1.28. The van der Waals surface area contributed by atoms with E-state index >= 15 is 0 Å². The maximum absolute atomic E-state index is 5.80. The van der Waals surface area contributed by atoms with Gasteiger partial charge < -0.3 is 9.47 Å². The molecule has 0 saturated carbocycles. The van der Waals surface area contributed by atoms with E-state index in [1.807, 2.05) is 12.1 Å². The Morgan fingerprint density at radius 1 is 1.33 bits per heavy atom. The average molecular weight is 246 g/mol. The Kier molecular flexibility index (Phi) is 4.82. The lowest BCUT2D eigenvalue weighted by Gasteiger charge is -2.23. The van der Waals surface area contributed by atoms with Crippen molar-refractivity contribution in [1.29, 1.82) is 0 Å². The summed E-state index contributed by atoms with van der Waals surface area (Å²) in [4.78, 5) is 0. The second kappa shape index (κ2) is 6.60. The molecule has 1 aromatic rings. The van der Waals surface area contributed by atoms with Crippen molar-refractivity contribution in [3.63, 3.8) is 0 Å². The zero-order chi connectivity index (χ0) is 12.8. The molecule has 1 aromatic carbocycles. The fourth-order valence-electron chi connectivity index (χ4n) is 2.05. The summed E-state index contributed by atoms with van der Waals surface area (Å²) in [5.41, 5.74) is 2.56. The summed E-state index contributed by atoms with van der Waals surface area (Å²) in [7, 11) is 0.